The third-order valence-electron chi connectivity index (χ3n) is 7.93. The number of rotatable bonds is 2. The Kier molecular flexibility index (Phi) is 4.79. The molecule has 0 spiro atoms. The van der Waals surface area contributed by atoms with Gasteiger partial charge in [-0.2, -0.15) is 5.26 Å². The lowest BCUT2D eigenvalue weighted by Crippen LogP contribution is -2.51. The summed E-state index contributed by atoms with van der Waals surface area (Å²) in [5.74, 6) is 0.537. The SMILES string of the molecule is CC1CN(c2ccc3c(c2)CN2C(C)CN(c4ccc(C#N)c5ncccc45)CC32)CC1N. The van der Waals surface area contributed by atoms with Crippen LogP contribution in [-0.4, -0.2) is 48.1 Å². The highest BCUT2D eigenvalue weighted by atomic mass is 15.3. The van der Waals surface area contributed by atoms with E-state index in [1.54, 1.807) is 6.20 Å². The molecule has 0 radical (unpaired) electrons. The average molecular weight is 439 g/mol. The Labute approximate surface area is 195 Å². The van der Waals surface area contributed by atoms with Crippen molar-refractivity contribution in [2.24, 2.45) is 11.7 Å². The van der Waals surface area contributed by atoms with Crippen molar-refractivity contribution in [3.05, 3.63) is 65.4 Å². The van der Waals surface area contributed by atoms with E-state index in [0.29, 0.717) is 23.6 Å². The summed E-state index contributed by atoms with van der Waals surface area (Å²) in [7, 11) is 0. The smallest absolute Gasteiger partial charge is 0.101 e. The second kappa shape index (κ2) is 7.72. The lowest BCUT2D eigenvalue weighted by molar-refractivity contribution is 0.134. The number of nitrogens with two attached hydrogens (primary N) is 1. The molecule has 2 aromatic carbocycles. The van der Waals surface area contributed by atoms with Crippen LogP contribution in [0.4, 0.5) is 11.4 Å². The van der Waals surface area contributed by atoms with Gasteiger partial charge >= 0.3 is 0 Å². The van der Waals surface area contributed by atoms with Gasteiger partial charge in [-0.05, 0) is 60.4 Å². The minimum Gasteiger partial charge on any atom is -0.370 e. The number of aromatic nitrogens is 1. The molecule has 2 saturated heterocycles. The normalized spacial score (nSPS) is 27.0. The maximum Gasteiger partial charge on any atom is 0.101 e. The van der Waals surface area contributed by atoms with Gasteiger partial charge in [-0.25, -0.2) is 0 Å². The molecule has 0 saturated carbocycles. The first-order valence-corrected chi connectivity index (χ1v) is 12.0. The van der Waals surface area contributed by atoms with Crippen LogP contribution < -0.4 is 15.5 Å². The summed E-state index contributed by atoms with van der Waals surface area (Å²) < 4.78 is 0. The predicted octanol–water partition coefficient (Wildman–Crippen LogP) is 3.66. The van der Waals surface area contributed by atoms with E-state index in [-0.39, 0.29) is 6.04 Å². The van der Waals surface area contributed by atoms with Crippen LogP contribution in [0.25, 0.3) is 10.9 Å². The van der Waals surface area contributed by atoms with Crippen LogP contribution in [-0.2, 0) is 6.54 Å². The van der Waals surface area contributed by atoms with Crippen LogP contribution in [0.1, 0.15) is 36.6 Å². The van der Waals surface area contributed by atoms with E-state index >= 15 is 0 Å². The van der Waals surface area contributed by atoms with Gasteiger partial charge in [-0.15, -0.1) is 0 Å². The molecule has 3 aromatic rings. The number of nitriles is 1. The van der Waals surface area contributed by atoms with Crippen LogP contribution in [0.2, 0.25) is 0 Å². The van der Waals surface area contributed by atoms with Gasteiger partial charge in [-0.1, -0.05) is 13.0 Å². The molecule has 6 rings (SSSR count). The van der Waals surface area contributed by atoms with Crippen LogP contribution in [0.15, 0.2) is 48.7 Å². The monoisotopic (exact) mass is 438 g/mol. The van der Waals surface area contributed by atoms with Crippen LogP contribution in [0.3, 0.4) is 0 Å². The molecule has 4 heterocycles. The molecule has 6 heteroatoms. The number of fused-ring (bicyclic) bond motifs is 4. The first kappa shape index (κ1) is 20.5. The van der Waals surface area contributed by atoms with Crippen LogP contribution >= 0.6 is 0 Å². The van der Waals surface area contributed by atoms with Crippen molar-refractivity contribution >= 4 is 22.3 Å². The second-order valence-electron chi connectivity index (χ2n) is 10.0. The zero-order valence-corrected chi connectivity index (χ0v) is 19.3. The fourth-order valence-electron chi connectivity index (χ4n) is 6.03. The molecule has 168 valence electrons. The highest BCUT2D eigenvalue weighted by Gasteiger charge is 2.39. The Bertz CT molecular complexity index is 1250. The molecular weight excluding hydrogens is 408 g/mol. The van der Waals surface area contributed by atoms with Crippen molar-refractivity contribution in [2.75, 3.05) is 36.0 Å². The maximum absolute atomic E-state index is 9.52. The molecule has 0 aliphatic carbocycles. The summed E-state index contributed by atoms with van der Waals surface area (Å²) in [5.41, 5.74) is 13.1. The van der Waals surface area contributed by atoms with E-state index < -0.39 is 0 Å². The minimum atomic E-state index is 0.259. The van der Waals surface area contributed by atoms with Crippen LogP contribution in [0, 0.1) is 17.2 Å². The van der Waals surface area contributed by atoms with E-state index in [1.165, 1.54) is 22.5 Å². The lowest BCUT2D eigenvalue weighted by atomic mass is 9.99. The number of hydrogen-bond acceptors (Lipinski definition) is 6. The molecule has 4 unspecified atom stereocenters. The summed E-state index contributed by atoms with van der Waals surface area (Å²) in [6.07, 6.45) is 1.77. The highest BCUT2D eigenvalue weighted by Crippen LogP contribution is 2.42. The largest absolute Gasteiger partial charge is 0.370 e. The topological polar surface area (TPSA) is 72.4 Å². The summed E-state index contributed by atoms with van der Waals surface area (Å²) in [6.45, 7) is 9.47. The Hall–Kier alpha value is -3.14. The van der Waals surface area contributed by atoms with E-state index in [1.807, 2.05) is 12.1 Å². The number of anilines is 2. The van der Waals surface area contributed by atoms with Gasteiger partial charge in [-0.3, -0.25) is 9.88 Å². The molecule has 4 atom stereocenters. The quantitative estimate of drug-likeness (QED) is 0.658. The molecule has 2 N–H and O–H groups in total. The number of hydrogen-bond donors (Lipinski definition) is 1. The number of pyridine rings is 1. The molecule has 3 aliphatic rings. The Morgan fingerprint density at radius 1 is 1.03 bits per heavy atom. The third kappa shape index (κ3) is 3.26. The Morgan fingerprint density at radius 3 is 2.70 bits per heavy atom. The molecule has 33 heavy (non-hydrogen) atoms. The predicted molar refractivity (Wildman–Crippen MR) is 132 cm³/mol. The number of nitrogens with zero attached hydrogens (tertiary/aromatic N) is 5. The van der Waals surface area contributed by atoms with Crippen LogP contribution in [0.5, 0.6) is 0 Å². The molecular formula is C27H30N6. The standard InChI is InChI=1S/C27H30N6/c1-17-12-31(15-24(17)29)21-6-7-22-20(10-21)14-33-18(2)13-32(16-26(22)33)25-8-5-19(11-28)27-23(25)4-3-9-30-27/h3-10,17-18,24,26H,12-16,29H2,1-2H3. The zero-order chi connectivity index (χ0) is 22.7. The number of piperazine rings is 1. The van der Waals surface area contributed by atoms with Gasteiger partial charge in [0.2, 0.25) is 0 Å². The molecule has 0 amide bonds. The fraction of sp³-hybridized carbons (Fsp3) is 0.407. The van der Waals surface area contributed by atoms with Gasteiger partial charge in [0.25, 0.3) is 0 Å². The van der Waals surface area contributed by atoms with E-state index in [0.717, 1.165) is 43.6 Å². The molecule has 3 aliphatic heterocycles. The lowest BCUT2D eigenvalue weighted by Gasteiger charge is -2.43. The average Bonchev–Trinajstić information content (AvgIpc) is 3.37. The van der Waals surface area contributed by atoms with Gasteiger partial charge in [0.05, 0.1) is 17.1 Å². The fourth-order valence-corrected chi connectivity index (χ4v) is 6.03. The second-order valence-corrected chi connectivity index (χ2v) is 10.0. The van der Waals surface area contributed by atoms with Crippen molar-refractivity contribution in [1.29, 1.82) is 5.26 Å². The molecule has 0 bridgehead atoms. The molecule has 6 nitrogen and oxygen atoms in total. The van der Waals surface area contributed by atoms with Gasteiger partial charge in [0.15, 0.2) is 0 Å². The first-order chi connectivity index (χ1) is 16.0. The van der Waals surface area contributed by atoms with Gasteiger partial charge in [0.1, 0.15) is 6.07 Å². The number of benzene rings is 2. The Balaban J connectivity index is 1.32. The summed E-state index contributed by atoms with van der Waals surface area (Å²) in [5, 5.41) is 10.6. The van der Waals surface area contributed by atoms with Gasteiger partial charge in [0, 0.05) is 67.8 Å². The minimum absolute atomic E-state index is 0.259. The van der Waals surface area contributed by atoms with Crippen molar-refractivity contribution < 1.29 is 0 Å². The summed E-state index contributed by atoms with van der Waals surface area (Å²) in [6, 6.07) is 18.5. The summed E-state index contributed by atoms with van der Waals surface area (Å²) >= 11 is 0. The maximum atomic E-state index is 9.52. The van der Waals surface area contributed by atoms with Crippen molar-refractivity contribution in [1.82, 2.24) is 9.88 Å². The van der Waals surface area contributed by atoms with Crippen molar-refractivity contribution in [3.8, 4) is 6.07 Å². The van der Waals surface area contributed by atoms with Gasteiger partial charge < -0.3 is 15.5 Å². The van der Waals surface area contributed by atoms with Crippen molar-refractivity contribution in [2.45, 2.75) is 38.5 Å². The molecule has 2 fully saturated rings. The summed E-state index contributed by atoms with van der Waals surface area (Å²) in [4.78, 5) is 12.1. The van der Waals surface area contributed by atoms with E-state index in [2.05, 4.69) is 69.9 Å². The zero-order valence-electron chi connectivity index (χ0n) is 19.3. The van der Waals surface area contributed by atoms with Crippen molar-refractivity contribution in [3.63, 3.8) is 0 Å². The molecule has 1 aromatic heterocycles. The highest BCUT2D eigenvalue weighted by molar-refractivity contribution is 5.95. The third-order valence-corrected chi connectivity index (χ3v) is 7.93. The van der Waals surface area contributed by atoms with E-state index in [4.69, 9.17) is 5.73 Å². The van der Waals surface area contributed by atoms with E-state index in [9.17, 15) is 5.26 Å². The Morgan fingerprint density at radius 2 is 1.91 bits per heavy atom. The first-order valence-electron chi connectivity index (χ1n) is 12.0.